The van der Waals surface area contributed by atoms with Crippen LogP contribution in [0.1, 0.15) is 16.5 Å². The number of alkyl halides is 4. The molecule has 7 heteroatoms. The fraction of sp³-hybridized carbons (Fsp3) is 0.231. The Hall–Kier alpha value is -1.60. The van der Waals surface area contributed by atoms with Gasteiger partial charge in [-0.25, -0.2) is 0 Å². The number of hydrogen-bond acceptors (Lipinski definition) is 3. The molecule has 0 bridgehead atoms. The highest BCUT2D eigenvalue weighted by Gasteiger charge is 2.44. The number of thiophene rings is 1. The van der Waals surface area contributed by atoms with Crippen LogP contribution in [0.25, 0.3) is 0 Å². The summed E-state index contributed by atoms with van der Waals surface area (Å²) in [6, 6.07) is 8.45. The summed E-state index contributed by atoms with van der Waals surface area (Å²) in [4.78, 5) is 0.724. The quantitative estimate of drug-likeness (QED) is 0.846. The number of ether oxygens (including phenoxy) is 1. The zero-order chi connectivity index (χ0) is 14.8. The van der Waals surface area contributed by atoms with E-state index in [1.807, 2.05) is 0 Å². The summed E-state index contributed by atoms with van der Waals surface area (Å²) >= 11 is 1.34. The minimum atomic E-state index is -4.55. The molecule has 1 aromatic carbocycles. The molecule has 0 saturated carbocycles. The van der Waals surface area contributed by atoms with Gasteiger partial charge in [-0.2, -0.15) is 17.6 Å². The zero-order valence-electron chi connectivity index (χ0n) is 10.1. The molecule has 0 saturated heterocycles. The Morgan fingerprint density at radius 2 is 1.80 bits per heavy atom. The van der Waals surface area contributed by atoms with E-state index in [9.17, 15) is 17.6 Å². The number of hydrogen-bond donors (Lipinski definition) is 1. The number of halogens is 4. The summed E-state index contributed by atoms with van der Waals surface area (Å²) < 4.78 is 54.6. The lowest BCUT2D eigenvalue weighted by molar-refractivity contribution is -0.253. The lowest BCUT2D eigenvalue weighted by atomic mass is 10.1. The fourth-order valence-electron chi connectivity index (χ4n) is 1.64. The SMILES string of the molecule is N[C@H](c1cccs1)c1ccccc1OC(F)(F)C(F)F. The van der Waals surface area contributed by atoms with Gasteiger partial charge in [0.25, 0.3) is 0 Å². The maximum absolute atomic E-state index is 13.0. The Kier molecular flexibility index (Phi) is 4.29. The van der Waals surface area contributed by atoms with Crippen LogP contribution in [0.4, 0.5) is 17.6 Å². The standard InChI is InChI=1S/C13H11F4NOS/c14-12(15)13(16,17)19-9-5-2-1-4-8(9)11(18)10-6-3-7-20-10/h1-7,11-12H,18H2/t11-/m0/s1. The van der Waals surface area contributed by atoms with Crippen molar-refractivity contribution in [1.82, 2.24) is 0 Å². The molecule has 2 rings (SSSR count). The van der Waals surface area contributed by atoms with Crippen LogP contribution in [0.3, 0.4) is 0 Å². The minimum Gasteiger partial charge on any atom is -0.428 e. The van der Waals surface area contributed by atoms with Crippen molar-refractivity contribution in [2.75, 3.05) is 0 Å². The molecule has 0 amide bonds. The van der Waals surface area contributed by atoms with Crippen molar-refractivity contribution in [3.63, 3.8) is 0 Å². The maximum atomic E-state index is 13.0. The van der Waals surface area contributed by atoms with E-state index in [4.69, 9.17) is 5.73 Å². The molecule has 0 aliphatic carbocycles. The first kappa shape index (κ1) is 14.8. The molecule has 0 aliphatic heterocycles. The molecule has 0 spiro atoms. The Bertz CT molecular complexity index is 559. The van der Waals surface area contributed by atoms with Crippen molar-refractivity contribution in [1.29, 1.82) is 0 Å². The largest absolute Gasteiger partial charge is 0.461 e. The van der Waals surface area contributed by atoms with Crippen LogP contribution in [-0.2, 0) is 0 Å². The predicted octanol–water partition coefficient (Wildman–Crippen LogP) is 4.03. The van der Waals surface area contributed by atoms with E-state index in [-0.39, 0.29) is 11.3 Å². The van der Waals surface area contributed by atoms with Gasteiger partial charge in [-0.3, -0.25) is 0 Å². The average Bonchev–Trinajstić information content (AvgIpc) is 2.92. The summed E-state index contributed by atoms with van der Waals surface area (Å²) in [6.45, 7) is 0. The van der Waals surface area contributed by atoms with E-state index in [0.717, 1.165) is 4.88 Å². The van der Waals surface area contributed by atoms with Gasteiger partial charge in [0.15, 0.2) is 0 Å². The molecule has 0 fully saturated rings. The Labute approximate surface area is 116 Å². The molecule has 108 valence electrons. The van der Waals surface area contributed by atoms with Crippen molar-refractivity contribution in [2.45, 2.75) is 18.6 Å². The van der Waals surface area contributed by atoms with E-state index in [2.05, 4.69) is 4.74 Å². The maximum Gasteiger partial charge on any atom is 0.461 e. The van der Waals surface area contributed by atoms with E-state index < -0.39 is 18.6 Å². The number of nitrogens with two attached hydrogens (primary N) is 1. The molecule has 1 atom stereocenters. The molecule has 0 aliphatic rings. The second-order valence-corrected chi connectivity index (χ2v) is 4.97. The van der Waals surface area contributed by atoms with E-state index in [0.29, 0.717) is 0 Å². The van der Waals surface area contributed by atoms with Gasteiger partial charge in [0.2, 0.25) is 0 Å². The lowest BCUT2D eigenvalue weighted by Gasteiger charge is -2.21. The Balaban J connectivity index is 2.31. The van der Waals surface area contributed by atoms with Gasteiger partial charge in [0, 0.05) is 10.4 Å². The smallest absolute Gasteiger partial charge is 0.428 e. The molecule has 0 radical (unpaired) electrons. The van der Waals surface area contributed by atoms with Crippen LogP contribution in [0.15, 0.2) is 41.8 Å². The topological polar surface area (TPSA) is 35.2 Å². The molecular weight excluding hydrogens is 294 g/mol. The van der Waals surface area contributed by atoms with Gasteiger partial charge in [-0.05, 0) is 17.5 Å². The van der Waals surface area contributed by atoms with Crippen molar-refractivity contribution in [3.8, 4) is 5.75 Å². The van der Waals surface area contributed by atoms with E-state index >= 15 is 0 Å². The van der Waals surface area contributed by atoms with Crippen LogP contribution < -0.4 is 10.5 Å². The lowest BCUT2D eigenvalue weighted by Crippen LogP contribution is -2.34. The average molecular weight is 305 g/mol. The fourth-order valence-corrected chi connectivity index (χ4v) is 2.39. The van der Waals surface area contributed by atoms with E-state index in [1.54, 1.807) is 23.6 Å². The summed E-state index contributed by atoms with van der Waals surface area (Å²) in [5, 5.41) is 1.78. The number of benzene rings is 1. The highest BCUT2D eigenvalue weighted by atomic mass is 32.1. The minimum absolute atomic E-state index is 0.232. The molecule has 0 unspecified atom stereocenters. The van der Waals surface area contributed by atoms with Gasteiger partial charge >= 0.3 is 12.5 Å². The highest BCUT2D eigenvalue weighted by Crippen LogP contribution is 2.34. The molecule has 1 heterocycles. The first-order valence-corrected chi connectivity index (χ1v) is 6.52. The predicted molar refractivity (Wildman–Crippen MR) is 68.4 cm³/mol. The Morgan fingerprint density at radius 3 is 2.40 bits per heavy atom. The van der Waals surface area contributed by atoms with Crippen LogP contribution in [0.2, 0.25) is 0 Å². The summed E-state index contributed by atoms with van der Waals surface area (Å²) in [5.41, 5.74) is 6.19. The van der Waals surface area contributed by atoms with Crippen molar-refractivity contribution >= 4 is 11.3 Å². The molecular formula is C13H11F4NOS. The zero-order valence-corrected chi connectivity index (χ0v) is 10.9. The molecule has 2 N–H and O–H groups in total. The van der Waals surface area contributed by atoms with Crippen molar-refractivity contribution in [2.24, 2.45) is 5.73 Å². The van der Waals surface area contributed by atoms with Gasteiger partial charge in [-0.1, -0.05) is 24.3 Å². The second-order valence-electron chi connectivity index (χ2n) is 4.00. The first-order chi connectivity index (χ1) is 9.42. The highest BCUT2D eigenvalue weighted by molar-refractivity contribution is 7.10. The summed E-state index contributed by atoms with van der Waals surface area (Å²) in [7, 11) is 0. The van der Waals surface area contributed by atoms with Crippen molar-refractivity contribution < 1.29 is 22.3 Å². The Morgan fingerprint density at radius 1 is 1.10 bits per heavy atom. The van der Waals surface area contributed by atoms with E-state index in [1.165, 1.54) is 29.5 Å². The first-order valence-electron chi connectivity index (χ1n) is 5.64. The normalized spacial score (nSPS) is 13.5. The van der Waals surface area contributed by atoms with Crippen molar-refractivity contribution in [3.05, 3.63) is 52.2 Å². The monoisotopic (exact) mass is 305 g/mol. The number of rotatable bonds is 5. The molecule has 2 aromatic rings. The third kappa shape index (κ3) is 3.10. The third-order valence-corrected chi connectivity index (χ3v) is 3.56. The van der Waals surface area contributed by atoms with Crippen LogP contribution in [-0.4, -0.2) is 12.5 Å². The van der Waals surface area contributed by atoms with Gasteiger partial charge < -0.3 is 10.5 Å². The second kappa shape index (κ2) is 5.80. The third-order valence-electron chi connectivity index (χ3n) is 2.60. The molecule has 1 aromatic heterocycles. The van der Waals surface area contributed by atoms with Gasteiger partial charge in [0.05, 0.1) is 6.04 Å². The van der Waals surface area contributed by atoms with Crippen LogP contribution in [0.5, 0.6) is 5.75 Å². The van der Waals surface area contributed by atoms with Crippen LogP contribution in [0, 0.1) is 0 Å². The molecule has 20 heavy (non-hydrogen) atoms. The van der Waals surface area contributed by atoms with Crippen LogP contribution >= 0.6 is 11.3 Å². The molecule has 2 nitrogen and oxygen atoms in total. The number of para-hydroxylation sites is 1. The van der Waals surface area contributed by atoms with Gasteiger partial charge in [0.1, 0.15) is 5.75 Å². The van der Waals surface area contributed by atoms with Gasteiger partial charge in [-0.15, -0.1) is 11.3 Å². The summed E-state index contributed by atoms with van der Waals surface area (Å²) in [6.07, 6.45) is -8.46. The summed E-state index contributed by atoms with van der Waals surface area (Å²) in [5.74, 6) is -0.348.